The van der Waals surface area contributed by atoms with Crippen LogP contribution in [0, 0.1) is 0 Å². The summed E-state index contributed by atoms with van der Waals surface area (Å²) in [4.78, 5) is 10.5. The summed E-state index contributed by atoms with van der Waals surface area (Å²) >= 11 is 0. The second-order valence-corrected chi connectivity index (χ2v) is 10.3. The molecule has 0 radical (unpaired) electrons. The highest BCUT2D eigenvalue weighted by molar-refractivity contribution is 6.07. The monoisotopic (exact) mass is 474 g/mol. The number of rotatable bonds is 3. The molecular formula is C35H26N2. The Kier molecular flexibility index (Phi) is 4.84. The van der Waals surface area contributed by atoms with Gasteiger partial charge in [-0.3, -0.25) is 0 Å². The highest BCUT2D eigenvalue weighted by atomic mass is 14.9. The molecule has 2 nitrogen and oxygen atoms in total. The molecule has 5 aromatic carbocycles. The van der Waals surface area contributed by atoms with Gasteiger partial charge in [-0.1, -0.05) is 123 Å². The van der Waals surface area contributed by atoms with Gasteiger partial charge in [0.2, 0.25) is 0 Å². The van der Waals surface area contributed by atoms with Crippen LogP contribution in [-0.4, -0.2) is 9.97 Å². The maximum atomic E-state index is 5.24. The van der Waals surface area contributed by atoms with Gasteiger partial charge >= 0.3 is 0 Å². The first-order valence-corrected chi connectivity index (χ1v) is 12.8. The van der Waals surface area contributed by atoms with Crippen LogP contribution >= 0.6 is 0 Å². The first kappa shape index (κ1) is 21.7. The zero-order chi connectivity index (χ0) is 25.0. The summed E-state index contributed by atoms with van der Waals surface area (Å²) in [5, 5.41) is 2.39. The van der Waals surface area contributed by atoms with Gasteiger partial charge < -0.3 is 0 Å². The van der Waals surface area contributed by atoms with Crippen molar-refractivity contribution in [2.45, 2.75) is 19.3 Å². The molecular weight excluding hydrogens is 448 g/mol. The lowest BCUT2D eigenvalue weighted by molar-refractivity contribution is 0.661. The molecule has 0 unspecified atom stereocenters. The lowest BCUT2D eigenvalue weighted by Gasteiger charge is -2.22. The van der Waals surface area contributed by atoms with Crippen molar-refractivity contribution >= 4 is 10.8 Å². The summed E-state index contributed by atoms with van der Waals surface area (Å²) in [6.45, 7) is 4.65. The van der Waals surface area contributed by atoms with Crippen molar-refractivity contribution < 1.29 is 0 Å². The molecule has 0 amide bonds. The van der Waals surface area contributed by atoms with Gasteiger partial charge in [-0.25, -0.2) is 9.97 Å². The fourth-order valence-electron chi connectivity index (χ4n) is 5.82. The minimum Gasteiger partial charge on any atom is -0.228 e. The lowest BCUT2D eigenvalue weighted by Crippen LogP contribution is -2.15. The van der Waals surface area contributed by atoms with Crippen molar-refractivity contribution in [1.29, 1.82) is 0 Å². The van der Waals surface area contributed by atoms with Crippen molar-refractivity contribution in [2.24, 2.45) is 0 Å². The fraction of sp³-hybridized carbons (Fsp3) is 0.0857. The fourth-order valence-corrected chi connectivity index (χ4v) is 5.82. The van der Waals surface area contributed by atoms with E-state index in [4.69, 9.17) is 9.97 Å². The predicted molar refractivity (Wildman–Crippen MR) is 153 cm³/mol. The van der Waals surface area contributed by atoms with Crippen molar-refractivity contribution in [2.75, 3.05) is 0 Å². The Labute approximate surface area is 217 Å². The molecule has 0 spiro atoms. The van der Waals surface area contributed by atoms with E-state index in [-0.39, 0.29) is 5.41 Å². The second-order valence-electron chi connectivity index (χ2n) is 10.3. The van der Waals surface area contributed by atoms with Crippen LogP contribution < -0.4 is 0 Å². The molecule has 37 heavy (non-hydrogen) atoms. The topological polar surface area (TPSA) is 25.8 Å². The van der Waals surface area contributed by atoms with E-state index in [0.29, 0.717) is 0 Å². The number of aromatic nitrogens is 2. The molecule has 176 valence electrons. The molecule has 1 aromatic heterocycles. The van der Waals surface area contributed by atoms with Crippen molar-refractivity contribution in [1.82, 2.24) is 9.97 Å². The van der Waals surface area contributed by atoms with E-state index < -0.39 is 0 Å². The molecule has 0 saturated carbocycles. The molecule has 1 heterocycles. The summed E-state index contributed by atoms with van der Waals surface area (Å²) < 4.78 is 0. The normalized spacial score (nSPS) is 13.4. The molecule has 0 saturated heterocycles. The van der Waals surface area contributed by atoms with Gasteiger partial charge in [0.15, 0.2) is 5.82 Å². The number of nitrogens with zero attached hydrogens (tertiary/aromatic N) is 2. The lowest BCUT2D eigenvalue weighted by atomic mass is 9.81. The van der Waals surface area contributed by atoms with Crippen LogP contribution in [0.2, 0.25) is 0 Å². The standard InChI is InChI=1S/C35H26N2/c1-35(2)28-20-12-11-19-27(28)32-29(35)21-25-17-9-10-18-26(25)33(32)34-36-30(23-13-5-3-6-14-23)22-31(37-34)24-15-7-4-8-16-24/h3-22H,1-2H3. The van der Waals surface area contributed by atoms with Gasteiger partial charge in [0, 0.05) is 22.1 Å². The predicted octanol–water partition coefficient (Wildman–Crippen LogP) is 8.94. The van der Waals surface area contributed by atoms with E-state index in [9.17, 15) is 0 Å². The van der Waals surface area contributed by atoms with E-state index in [1.807, 2.05) is 12.1 Å². The van der Waals surface area contributed by atoms with E-state index in [1.54, 1.807) is 0 Å². The minimum absolute atomic E-state index is 0.107. The van der Waals surface area contributed by atoms with Crippen molar-refractivity contribution in [3.8, 4) is 45.0 Å². The molecule has 0 bridgehead atoms. The summed E-state index contributed by atoms with van der Waals surface area (Å²) in [5.74, 6) is 0.765. The number of fused-ring (bicyclic) bond motifs is 4. The molecule has 7 rings (SSSR count). The van der Waals surface area contributed by atoms with Crippen LogP contribution in [0.15, 0.2) is 121 Å². The Hall–Kier alpha value is -4.56. The van der Waals surface area contributed by atoms with Gasteiger partial charge in [-0.05, 0) is 45.2 Å². The average Bonchev–Trinajstić information content (AvgIpc) is 3.19. The molecule has 6 aromatic rings. The van der Waals surface area contributed by atoms with Gasteiger partial charge in [0.1, 0.15) is 0 Å². The molecule has 1 aliphatic rings. The van der Waals surface area contributed by atoms with Crippen LogP contribution in [0.4, 0.5) is 0 Å². The van der Waals surface area contributed by atoms with Crippen LogP contribution in [0.25, 0.3) is 55.8 Å². The number of hydrogen-bond acceptors (Lipinski definition) is 2. The summed E-state index contributed by atoms with van der Waals surface area (Å²) in [5.41, 5.74) is 10.2. The van der Waals surface area contributed by atoms with E-state index >= 15 is 0 Å². The Morgan fingerprint density at radius 2 is 1.08 bits per heavy atom. The molecule has 0 aliphatic heterocycles. The Balaban J connectivity index is 1.61. The number of hydrogen-bond donors (Lipinski definition) is 0. The smallest absolute Gasteiger partial charge is 0.161 e. The first-order valence-electron chi connectivity index (χ1n) is 12.8. The molecule has 1 aliphatic carbocycles. The van der Waals surface area contributed by atoms with Gasteiger partial charge in [-0.15, -0.1) is 0 Å². The molecule has 2 heteroatoms. The maximum Gasteiger partial charge on any atom is 0.161 e. The van der Waals surface area contributed by atoms with E-state index in [0.717, 1.165) is 33.9 Å². The SMILES string of the molecule is CC1(C)c2ccccc2-c2c1cc1ccccc1c2-c1nc(-c2ccccc2)cc(-c2ccccc2)n1. The Bertz CT molecular complexity index is 1730. The van der Waals surface area contributed by atoms with Gasteiger partial charge in [0.25, 0.3) is 0 Å². The highest BCUT2D eigenvalue weighted by Crippen LogP contribution is 2.53. The van der Waals surface area contributed by atoms with Crippen molar-refractivity contribution in [3.05, 3.63) is 132 Å². The highest BCUT2D eigenvalue weighted by Gasteiger charge is 2.38. The van der Waals surface area contributed by atoms with Crippen LogP contribution in [0.3, 0.4) is 0 Å². The minimum atomic E-state index is -0.107. The Morgan fingerprint density at radius 1 is 0.514 bits per heavy atom. The van der Waals surface area contributed by atoms with Crippen LogP contribution in [-0.2, 0) is 5.41 Å². The first-order chi connectivity index (χ1) is 18.1. The van der Waals surface area contributed by atoms with Crippen LogP contribution in [0.1, 0.15) is 25.0 Å². The Morgan fingerprint density at radius 3 is 1.76 bits per heavy atom. The van der Waals surface area contributed by atoms with Gasteiger partial charge in [0.05, 0.1) is 11.4 Å². The van der Waals surface area contributed by atoms with Crippen molar-refractivity contribution in [3.63, 3.8) is 0 Å². The molecule has 0 fully saturated rings. The zero-order valence-electron chi connectivity index (χ0n) is 20.9. The molecule has 0 N–H and O–H groups in total. The summed E-state index contributed by atoms with van der Waals surface area (Å²) in [6.07, 6.45) is 0. The zero-order valence-corrected chi connectivity index (χ0v) is 20.9. The third-order valence-electron chi connectivity index (χ3n) is 7.68. The summed E-state index contributed by atoms with van der Waals surface area (Å²) in [7, 11) is 0. The maximum absolute atomic E-state index is 5.24. The largest absolute Gasteiger partial charge is 0.228 e. The third kappa shape index (κ3) is 3.41. The second kappa shape index (κ2) is 8.25. The van der Waals surface area contributed by atoms with Crippen LogP contribution in [0.5, 0.6) is 0 Å². The quantitative estimate of drug-likeness (QED) is 0.256. The van der Waals surface area contributed by atoms with E-state index in [2.05, 4.69) is 123 Å². The third-order valence-corrected chi connectivity index (χ3v) is 7.68. The average molecular weight is 475 g/mol. The number of benzene rings is 5. The van der Waals surface area contributed by atoms with E-state index in [1.165, 1.54) is 33.0 Å². The van der Waals surface area contributed by atoms with Gasteiger partial charge in [-0.2, -0.15) is 0 Å². The molecule has 0 atom stereocenters. The summed E-state index contributed by atoms with van der Waals surface area (Å²) in [6, 6.07) is 42.7.